The monoisotopic (exact) mass is 267 g/mol. The normalized spacial score (nSPS) is 11.4. The van der Waals surface area contributed by atoms with Crippen LogP contribution in [0.5, 0.6) is 11.5 Å². The van der Waals surface area contributed by atoms with Gasteiger partial charge in [-0.2, -0.15) is 0 Å². The second-order valence-electron chi connectivity index (χ2n) is 4.44. The molecule has 0 spiro atoms. The van der Waals surface area contributed by atoms with Gasteiger partial charge in [-0.15, -0.1) is 0 Å². The van der Waals surface area contributed by atoms with Crippen LogP contribution in [0, 0.1) is 0 Å². The lowest BCUT2D eigenvalue weighted by molar-refractivity contribution is -0.0541. The minimum absolute atomic E-state index is 0.218. The Labute approximate surface area is 115 Å². The molecule has 0 radical (unpaired) electrons. The summed E-state index contributed by atoms with van der Waals surface area (Å²) < 4.78 is 16.8. The molecule has 0 aliphatic carbocycles. The van der Waals surface area contributed by atoms with E-state index in [0.717, 1.165) is 24.3 Å². The molecule has 0 fully saturated rings. The third-order valence-corrected chi connectivity index (χ3v) is 3.48. The first kappa shape index (κ1) is 15.8. The maximum atomic E-state index is 5.88. The Morgan fingerprint density at radius 2 is 1.68 bits per heavy atom. The Hall–Kier alpha value is -1.26. The zero-order valence-corrected chi connectivity index (χ0v) is 12.1. The summed E-state index contributed by atoms with van der Waals surface area (Å²) in [5.74, 6) is 1.47. The molecule has 0 heterocycles. The van der Waals surface area contributed by atoms with Crippen LogP contribution in [-0.4, -0.2) is 32.5 Å². The summed E-state index contributed by atoms with van der Waals surface area (Å²) in [6.45, 7) is 5.74. The number of methoxy groups -OCH3 is 1. The first-order valence-corrected chi connectivity index (χ1v) is 6.81. The summed E-state index contributed by atoms with van der Waals surface area (Å²) in [5.41, 5.74) is 5.56. The Kier molecular flexibility index (Phi) is 6.67. The molecule has 0 saturated carbocycles. The highest BCUT2D eigenvalue weighted by Gasteiger charge is 2.24. The highest BCUT2D eigenvalue weighted by Crippen LogP contribution is 2.26. The molecular formula is C15H25NO3. The fourth-order valence-electron chi connectivity index (χ4n) is 1.95. The largest absolute Gasteiger partial charge is 0.493 e. The Balaban J connectivity index is 2.42. The van der Waals surface area contributed by atoms with Gasteiger partial charge < -0.3 is 19.9 Å². The van der Waals surface area contributed by atoms with Gasteiger partial charge in [0.25, 0.3) is 0 Å². The van der Waals surface area contributed by atoms with Gasteiger partial charge in [0.05, 0.1) is 19.3 Å². The topological polar surface area (TPSA) is 53.7 Å². The molecule has 0 aliphatic rings. The van der Waals surface area contributed by atoms with E-state index in [-0.39, 0.29) is 5.60 Å². The van der Waals surface area contributed by atoms with Crippen molar-refractivity contribution in [2.75, 3.05) is 26.9 Å². The zero-order chi connectivity index (χ0) is 14.1. The second-order valence-corrected chi connectivity index (χ2v) is 4.44. The van der Waals surface area contributed by atoms with Crippen molar-refractivity contribution in [2.45, 2.75) is 32.3 Å². The molecule has 1 aromatic carbocycles. The fourth-order valence-corrected chi connectivity index (χ4v) is 1.95. The van der Waals surface area contributed by atoms with E-state index in [1.54, 1.807) is 7.11 Å². The summed E-state index contributed by atoms with van der Waals surface area (Å²) in [5, 5.41) is 0. The maximum absolute atomic E-state index is 5.88. The summed E-state index contributed by atoms with van der Waals surface area (Å²) in [6.07, 6.45) is 1.82. The Morgan fingerprint density at radius 1 is 1.05 bits per heavy atom. The lowest BCUT2D eigenvalue weighted by Crippen LogP contribution is -2.40. The van der Waals surface area contributed by atoms with E-state index >= 15 is 0 Å². The molecule has 0 unspecified atom stereocenters. The van der Waals surface area contributed by atoms with Crippen LogP contribution in [0.1, 0.15) is 26.7 Å². The van der Waals surface area contributed by atoms with Crippen LogP contribution in [0.3, 0.4) is 0 Å². The van der Waals surface area contributed by atoms with E-state index in [2.05, 4.69) is 13.8 Å². The zero-order valence-electron chi connectivity index (χ0n) is 12.1. The van der Waals surface area contributed by atoms with Gasteiger partial charge >= 0.3 is 0 Å². The first-order valence-electron chi connectivity index (χ1n) is 6.81. The van der Waals surface area contributed by atoms with Gasteiger partial charge in [0, 0.05) is 6.54 Å². The number of para-hydroxylation sites is 2. The van der Waals surface area contributed by atoms with Crippen LogP contribution in [0.15, 0.2) is 24.3 Å². The molecule has 0 bridgehead atoms. The molecule has 0 saturated heterocycles. The summed E-state index contributed by atoms with van der Waals surface area (Å²) in [4.78, 5) is 0. The van der Waals surface area contributed by atoms with Crippen LogP contribution in [0.4, 0.5) is 0 Å². The van der Waals surface area contributed by atoms with Gasteiger partial charge in [-0.3, -0.25) is 0 Å². The van der Waals surface area contributed by atoms with E-state index in [1.165, 1.54) is 0 Å². The predicted octanol–water partition coefficient (Wildman–Crippen LogP) is 2.61. The number of hydrogen-bond donors (Lipinski definition) is 1. The van der Waals surface area contributed by atoms with E-state index in [1.807, 2.05) is 24.3 Å². The molecule has 1 rings (SSSR count). The predicted molar refractivity (Wildman–Crippen MR) is 76.8 cm³/mol. The molecule has 4 heteroatoms. The molecule has 0 atom stereocenters. The fraction of sp³-hybridized carbons (Fsp3) is 0.600. The average molecular weight is 267 g/mol. The third-order valence-electron chi connectivity index (χ3n) is 3.48. The van der Waals surface area contributed by atoms with Crippen molar-refractivity contribution in [2.24, 2.45) is 5.73 Å². The van der Waals surface area contributed by atoms with Crippen molar-refractivity contribution < 1.29 is 14.2 Å². The summed E-state index contributed by atoms with van der Waals surface area (Å²) in [6, 6.07) is 7.59. The van der Waals surface area contributed by atoms with Crippen LogP contribution in [0.2, 0.25) is 0 Å². The van der Waals surface area contributed by atoms with Gasteiger partial charge in [0.15, 0.2) is 11.5 Å². The molecule has 4 nitrogen and oxygen atoms in total. The Bertz CT molecular complexity index is 356. The van der Waals surface area contributed by atoms with Crippen molar-refractivity contribution in [3.8, 4) is 11.5 Å². The van der Waals surface area contributed by atoms with E-state index in [9.17, 15) is 0 Å². The SMILES string of the molecule is CCC(CC)(CN)OCCOc1ccccc1OC. The van der Waals surface area contributed by atoms with Crippen molar-refractivity contribution in [1.29, 1.82) is 0 Å². The number of rotatable bonds is 9. The molecule has 2 N–H and O–H groups in total. The average Bonchev–Trinajstić information content (AvgIpc) is 2.48. The molecule has 0 amide bonds. The van der Waals surface area contributed by atoms with Gasteiger partial charge in [0.1, 0.15) is 6.61 Å². The van der Waals surface area contributed by atoms with Gasteiger partial charge in [-0.1, -0.05) is 26.0 Å². The molecular weight excluding hydrogens is 242 g/mol. The smallest absolute Gasteiger partial charge is 0.161 e. The highest BCUT2D eigenvalue weighted by molar-refractivity contribution is 5.39. The highest BCUT2D eigenvalue weighted by atomic mass is 16.5. The van der Waals surface area contributed by atoms with Gasteiger partial charge in [-0.25, -0.2) is 0 Å². The first-order chi connectivity index (χ1) is 9.21. The van der Waals surface area contributed by atoms with Crippen molar-refractivity contribution in [1.82, 2.24) is 0 Å². The quantitative estimate of drug-likeness (QED) is 0.699. The van der Waals surface area contributed by atoms with E-state index in [4.69, 9.17) is 19.9 Å². The minimum Gasteiger partial charge on any atom is -0.493 e. The van der Waals surface area contributed by atoms with Crippen molar-refractivity contribution >= 4 is 0 Å². The number of hydrogen-bond acceptors (Lipinski definition) is 4. The van der Waals surface area contributed by atoms with Gasteiger partial charge in [-0.05, 0) is 25.0 Å². The standard InChI is InChI=1S/C15H25NO3/c1-4-15(5-2,12-16)19-11-10-18-14-9-7-6-8-13(14)17-3/h6-9H,4-5,10-12,16H2,1-3H3. The number of ether oxygens (including phenoxy) is 3. The molecule has 108 valence electrons. The molecule has 19 heavy (non-hydrogen) atoms. The van der Waals surface area contributed by atoms with Crippen molar-refractivity contribution in [3.05, 3.63) is 24.3 Å². The molecule has 0 aliphatic heterocycles. The minimum atomic E-state index is -0.218. The number of benzene rings is 1. The van der Waals surface area contributed by atoms with Crippen molar-refractivity contribution in [3.63, 3.8) is 0 Å². The van der Waals surface area contributed by atoms with Crippen LogP contribution in [-0.2, 0) is 4.74 Å². The van der Waals surface area contributed by atoms with Crippen LogP contribution >= 0.6 is 0 Å². The summed E-state index contributed by atoms with van der Waals surface area (Å²) in [7, 11) is 1.63. The lowest BCUT2D eigenvalue weighted by atomic mass is 9.97. The molecule has 0 aromatic heterocycles. The van der Waals surface area contributed by atoms with E-state index < -0.39 is 0 Å². The van der Waals surface area contributed by atoms with Crippen LogP contribution < -0.4 is 15.2 Å². The Morgan fingerprint density at radius 3 is 2.21 bits per heavy atom. The van der Waals surface area contributed by atoms with Gasteiger partial charge in [0.2, 0.25) is 0 Å². The summed E-state index contributed by atoms with van der Waals surface area (Å²) >= 11 is 0. The van der Waals surface area contributed by atoms with Crippen LogP contribution in [0.25, 0.3) is 0 Å². The molecule has 1 aromatic rings. The third kappa shape index (κ3) is 4.40. The second kappa shape index (κ2) is 8.02. The lowest BCUT2D eigenvalue weighted by Gasteiger charge is -2.30. The maximum Gasteiger partial charge on any atom is 0.161 e. The number of nitrogens with two attached hydrogens (primary N) is 1. The van der Waals surface area contributed by atoms with E-state index in [0.29, 0.717) is 19.8 Å².